The molecule has 1 N–H and O–H groups in total. The zero-order valence-electron chi connectivity index (χ0n) is 11.7. The Morgan fingerprint density at radius 2 is 2.24 bits per heavy atom. The van der Waals surface area contributed by atoms with Gasteiger partial charge >= 0.3 is 5.69 Å². The van der Waals surface area contributed by atoms with Crippen molar-refractivity contribution < 1.29 is 14.1 Å². The molecule has 0 saturated heterocycles. The van der Waals surface area contributed by atoms with Crippen LogP contribution in [0.5, 0.6) is 5.75 Å². The van der Waals surface area contributed by atoms with E-state index in [0.29, 0.717) is 5.82 Å². The van der Waals surface area contributed by atoms with Crippen LogP contribution in [0.2, 0.25) is 0 Å². The van der Waals surface area contributed by atoms with Gasteiger partial charge in [-0.25, -0.2) is 4.39 Å². The molecule has 1 aromatic carbocycles. The molecule has 0 amide bonds. The number of benzene rings is 1. The van der Waals surface area contributed by atoms with Gasteiger partial charge < -0.3 is 14.6 Å². The fourth-order valence-electron chi connectivity index (χ4n) is 1.94. The molecule has 9 heteroatoms. The van der Waals surface area contributed by atoms with E-state index in [-0.39, 0.29) is 17.5 Å². The number of aromatic nitrogens is 3. The van der Waals surface area contributed by atoms with E-state index < -0.39 is 16.4 Å². The van der Waals surface area contributed by atoms with Gasteiger partial charge in [0, 0.05) is 13.1 Å². The lowest BCUT2D eigenvalue weighted by atomic mass is 10.2. The fraction of sp³-hybridized carbons (Fsp3) is 0.333. The van der Waals surface area contributed by atoms with E-state index in [2.05, 4.69) is 15.5 Å². The average Bonchev–Trinajstić information content (AvgIpc) is 2.86. The molecular formula is C12H14FN5O3. The lowest BCUT2D eigenvalue weighted by Crippen LogP contribution is -2.13. The second kappa shape index (κ2) is 5.73. The van der Waals surface area contributed by atoms with Crippen LogP contribution in [0.4, 0.5) is 15.8 Å². The molecule has 0 aliphatic carbocycles. The number of rotatable bonds is 5. The number of ether oxygens (including phenoxy) is 1. The van der Waals surface area contributed by atoms with E-state index in [1.165, 1.54) is 19.5 Å². The minimum absolute atomic E-state index is 0.0194. The smallest absolute Gasteiger partial charge is 0.313 e. The summed E-state index contributed by atoms with van der Waals surface area (Å²) in [5.41, 5.74) is -0.334. The van der Waals surface area contributed by atoms with Crippen molar-refractivity contribution in [2.75, 3.05) is 12.4 Å². The largest absolute Gasteiger partial charge is 0.490 e. The van der Waals surface area contributed by atoms with Crippen molar-refractivity contribution in [2.24, 2.45) is 7.05 Å². The zero-order chi connectivity index (χ0) is 15.6. The van der Waals surface area contributed by atoms with Crippen molar-refractivity contribution in [3.63, 3.8) is 0 Å². The lowest BCUT2D eigenvalue weighted by Gasteiger charge is -2.15. The molecule has 0 aliphatic rings. The number of methoxy groups -OCH3 is 1. The molecule has 2 aromatic rings. The highest BCUT2D eigenvalue weighted by Gasteiger charge is 2.21. The first kappa shape index (κ1) is 14.7. The number of nitrogens with zero attached hydrogens (tertiary/aromatic N) is 4. The molecule has 1 heterocycles. The second-order valence-electron chi connectivity index (χ2n) is 4.43. The summed E-state index contributed by atoms with van der Waals surface area (Å²) in [5, 5.41) is 21.4. The van der Waals surface area contributed by atoms with Crippen LogP contribution in [0.25, 0.3) is 0 Å². The topological polar surface area (TPSA) is 95.1 Å². The summed E-state index contributed by atoms with van der Waals surface area (Å²) in [5.74, 6) is -0.155. The molecule has 1 unspecified atom stereocenters. The first-order chi connectivity index (χ1) is 9.93. The SMILES string of the molecule is COc1cc(NC(C)c2nncn2C)c(F)cc1[N+](=O)[O-]. The molecule has 21 heavy (non-hydrogen) atoms. The summed E-state index contributed by atoms with van der Waals surface area (Å²) in [4.78, 5) is 10.1. The number of anilines is 1. The second-order valence-corrected chi connectivity index (χ2v) is 4.43. The molecule has 2 rings (SSSR count). The number of halogens is 1. The van der Waals surface area contributed by atoms with Crippen molar-refractivity contribution in [1.29, 1.82) is 0 Å². The molecule has 0 fully saturated rings. The molecule has 1 aromatic heterocycles. The maximum absolute atomic E-state index is 14.0. The van der Waals surface area contributed by atoms with Gasteiger partial charge in [0.25, 0.3) is 0 Å². The normalized spacial score (nSPS) is 12.0. The Morgan fingerprint density at radius 1 is 1.52 bits per heavy atom. The predicted octanol–water partition coefficient (Wildman–Crippen LogP) is 2.04. The van der Waals surface area contributed by atoms with Gasteiger partial charge in [-0.15, -0.1) is 10.2 Å². The van der Waals surface area contributed by atoms with Gasteiger partial charge in [0.2, 0.25) is 0 Å². The van der Waals surface area contributed by atoms with Crippen LogP contribution in [-0.4, -0.2) is 26.8 Å². The molecule has 1 atom stereocenters. The van der Waals surface area contributed by atoms with Gasteiger partial charge in [0.05, 0.1) is 29.8 Å². The van der Waals surface area contributed by atoms with Crippen molar-refractivity contribution in [2.45, 2.75) is 13.0 Å². The minimum atomic E-state index is -0.739. The number of hydrogen-bond acceptors (Lipinski definition) is 6. The molecular weight excluding hydrogens is 281 g/mol. The first-order valence-electron chi connectivity index (χ1n) is 6.06. The van der Waals surface area contributed by atoms with E-state index in [4.69, 9.17) is 4.74 Å². The highest BCUT2D eigenvalue weighted by atomic mass is 19.1. The summed E-state index contributed by atoms with van der Waals surface area (Å²) in [6.07, 6.45) is 1.53. The van der Waals surface area contributed by atoms with E-state index in [1.807, 2.05) is 0 Å². The molecule has 8 nitrogen and oxygen atoms in total. The third-order valence-corrected chi connectivity index (χ3v) is 2.97. The van der Waals surface area contributed by atoms with Crippen LogP contribution >= 0.6 is 0 Å². The van der Waals surface area contributed by atoms with Crippen molar-refractivity contribution in [3.05, 3.63) is 40.2 Å². The van der Waals surface area contributed by atoms with Crippen molar-refractivity contribution in [3.8, 4) is 5.75 Å². The standard InChI is InChI=1S/C12H14FN5O3/c1-7(12-16-14-6-17(12)2)15-9-5-11(21-3)10(18(19)20)4-8(9)13/h4-7,15H,1-3H3. The van der Waals surface area contributed by atoms with Gasteiger partial charge in [-0.05, 0) is 6.92 Å². The maximum atomic E-state index is 14.0. The molecule has 0 saturated carbocycles. The summed E-state index contributed by atoms with van der Waals surface area (Å²) >= 11 is 0. The third-order valence-electron chi connectivity index (χ3n) is 2.97. The molecule has 112 valence electrons. The molecule has 0 radical (unpaired) electrons. The van der Waals surface area contributed by atoms with E-state index >= 15 is 0 Å². The monoisotopic (exact) mass is 295 g/mol. The van der Waals surface area contributed by atoms with Gasteiger partial charge in [-0.1, -0.05) is 0 Å². The minimum Gasteiger partial charge on any atom is -0.490 e. The Balaban J connectivity index is 2.32. The van der Waals surface area contributed by atoms with Crippen molar-refractivity contribution in [1.82, 2.24) is 14.8 Å². The number of nitro groups is 1. The molecule has 0 bridgehead atoms. The molecule has 0 spiro atoms. The van der Waals surface area contributed by atoms with E-state index in [1.54, 1.807) is 18.5 Å². The summed E-state index contributed by atoms with van der Waals surface area (Å²) < 4.78 is 20.6. The lowest BCUT2D eigenvalue weighted by molar-refractivity contribution is -0.385. The van der Waals surface area contributed by atoms with E-state index in [0.717, 1.165) is 6.07 Å². The number of nitrogens with one attached hydrogen (secondary N) is 1. The number of aryl methyl sites for hydroxylation is 1. The van der Waals surface area contributed by atoms with Crippen molar-refractivity contribution >= 4 is 11.4 Å². The maximum Gasteiger partial charge on any atom is 0.313 e. The van der Waals surface area contributed by atoms with Crippen LogP contribution in [0.15, 0.2) is 18.5 Å². The summed E-state index contributed by atoms with van der Waals surface area (Å²) in [7, 11) is 3.05. The van der Waals surface area contributed by atoms with Crippen LogP contribution in [0.1, 0.15) is 18.8 Å². The van der Waals surface area contributed by atoms with Gasteiger partial charge in [-0.3, -0.25) is 10.1 Å². The van der Waals surface area contributed by atoms with Gasteiger partial charge in [-0.2, -0.15) is 0 Å². The van der Waals surface area contributed by atoms with Crippen LogP contribution in [0.3, 0.4) is 0 Å². The van der Waals surface area contributed by atoms with Gasteiger partial charge in [0.1, 0.15) is 6.33 Å². The van der Waals surface area contributed by atoms with E-state index in [9.17, 15) is 14.5 Å². The fourth-order valence-corrected chi connectivity index (χ4v) is 1.94. The highest BCUT2D eigenvalue weighted by Crippen LogP contribution is 2.33. The van der Waals surface area contributed by atoms with Crippen LogP contribution < -0.4 is 10.1 Å². The summed E-state index contributed by atoms with van der Waals surface area (Å²) in [6.45, 7) is 1.78. The Hall–Kier alpha value is -2.71. The third kappa shape index (κ3) is 2.91. The predicted molar refractivity (Wildman–Crippen MR) is 72.6 cm³/mol. The van der Waals surface area contributed by atoms with Crippen LogP contribution in [-0.2, 0) is 7.05 Å². The molecule has 0 aliphatic heterocycles. The highest BCUT2D eigenvalue weighted by molar-refractivity contribution is 5.59. The Kier molecular flexibility index (Phi) is 4.01. The first-order valence-corrected chi connectivity index (χ1v) is 6.06. The summed E-state index contributed by atoms with van der Waals surface area (Å²) in [6, 6.07) is 1.74. The average molecular weight is 295 g/mol. The Morgan fingerprint density at radius 3 is 2.76 bits per heavy atom. The van der Waals surface area contributed by atoms with Crippen LogP contribution in [0, 0.1) is 15.9 Å². The number of nitro benzene ring substituents is 1. The Labute approximate surface area is 119 Å². The quantitative estimate of drug-likeness (QED) is 0.670. The van der Waals surface area contributed by atoms with Gasteiger partial charge in [0.15, 0.2) is 17.4 Å². The Bertz CT molecular complexity index is 673. The zero-order valence-corrected chi connectivity index (χ0v) is 11.7. The number of hydrogen-bond donors (Lipinski definition) is 1.